The molecule has 0 atom stereocenters. The summed E-state index contributed by atoms with van der Waals surface area (Å²) >= 11 is 0. The van der Waals surface area contributed by atoms with Gasteiger partial charge in [0.25, 0.3) is 0 Å². The predicted octanol–water partition coefficient (Wildman–Crippen LogP) is 5.81. The molecule has 0 amide bonds. The lowest BCUT2D eigenvalue weighted by Crippen LogP contribution is -1.89. The van der Waals surface area contributed by atoms with Gasteiger partial charge in [-0.2, -0.15) is 0 Å². The molecule has 0 spiro atoms. The highest BCUT2D eigenvalue weighted by Gasteiger charge is 2.02. The zero-order valence-corrected chi connectivity index (χ0v) is 14.1. The van der Waals surface area contributed by atoms with Crippen molar-refractivity contribution in [3.63, 3.8) is 0 Å². The monoisotopic (exact) mass is 301 g/mol. The van der Waals surface area contributed by atoms with Crippen LogP contribution in [0.1, 0.15) is 83.4 Å². The van der Waals surface area contributed by atoms with E-state index in [1.165, 1.54) is 70.6 Å². The summed E-state index contributed by atoms with van der Waals surface area (Å²) < 4.78 is 0. The third kappa shape index (κ3) is 6.17. The number of aromatic amines is 1. The van der Waals surface area contributed by atoms with Crippen LogP contribution < -0.4 is 0 Å². The average molecular weight is 301 g/mol. The summed E-state index contributed by atoms with van der Waals surface area (Å²) in [6.45, 7) is 2.28. The molecule has 0 aromatic carbocycles. The van der Waals surface area contributed by atoms with E-state index in [1.807, 2.05) is 12.1 Å². The molecular formula is C19H31N3. The maximum absolute atomic E-state index is 4.53. The van der Waals surface area contributed by atoms with E-state index < -0.39 is 0 Å². The molecule has 2 rings (SSSR count). The summed E-state index contributed by atoms with van der Waals surface area (Å²) in [5.41, 5.74) is 1.90. The first-order valence-corrected chi connectivity index (χ1v) is 9.20. The van der Waals surface area contributed by atoms with Crippen LogP contribution in [0.3, 0.4) is 0 Å². The van der Waals surface area contributed by atoms with Crippen LogP contribution >= 0.6 is 0 Å². The van der Waals surface area contributed by atoms with Gasteiger partial charge in [-0.1, -0.05) is 71.1 Å². The first kappa shape index (κ1) is 17.0. The molecular weight excluding hydrogens is 270 g/mol. The van der Waals surface area contributed by atoms with Gasteiger partial charge in [-0.05, 0) is 18.6 Å². The highest BCUT2D eigenvalue weighted by molar-refractivity contribution is 5.69. The Morgan fingerprint density at radius 2 is 1.50 bits per heavy atom. The third-order valence-corrected chi connectivity index (χ3v) is 4.32. The van der Waals surface area contributed by atoms with Crippen LogP contribution in [0.25, 0.3) is 11.2 Å². The van der Waals surface area contributed by atoms with E-state index in [1.54, 1.807) is 6.20 Å². The van der Waals surface area contributed by atoms with Crippen molar-refractivity contribution in [3.8, 4) is 0 Å². The lowest BCUT2D eigenvalue weighted by Gasteiger charge is -2.02. The van der Waals surface area contributed by atoms with Crippen molar-refractivity contribution in [3.05, 3.63) is 24.2 Å². The van der Waals surface area contributed by atoms with Crippen LogP contribution in [0.5, 0.6) is 0 Å². The Morgan fingerprint density at radius 3 is 2.14 bits per heavy atom. The van der Waals surface area contributed by atoms with Crippen LogP contribution in [-0.4, -0.2) is 15.0 Å². The van der Waals surface area contributed by atoms with Gasteiger partial charge in [0.05, 0.1) is 5.52 Å². The quantitative estimate of drug-likeness (QED) is 0.502. The maximum Gasteiger partial charge on any atom is 0.177 e. The molecule has 0 saturated heterocycles. The van der Waals surface area contributed by atoms with E-state index in [0.717, 1.165) is 23.4 Å². The van der Waals surface area contributed by atoms with E-state index in [9.17, 15) is 0 Å². The molecule has 2 aromatic heterocycles. The van der Waals surface area contributed by atoms with Crippen molar-refractivity contribution in [2.75, 3.05) is 0 Å². The van der Waals surface area contributed by atoms with Crippen molar-refractivity contribution in [2.45, 2.75) is 84.0 Å². The highest BCUT2D eigenvalue weighted by Crippen LogP contribution is 2.13. The average Bonchev–Trinajstić information content (AvgIpc) is 2.95. The zero-order valence-electron chi connectivity index (χ0n) is 14.1. The summed E-state index contributed by atoms with van der Waals surface area (Å²) in [5.74, 6) is 1.09. The van der Waals surface area contributed by atoms with Crippen molar-refractivity contribution in [1.29, 1.82) is 0 Å². The van der Waals surface area contributed by atoms with Gasteiger partial charge in [-0.3, -0.25) is 0 Å². The Kier molecular flexibility index (Phi) is 8.00. The predicted molar refractivity (Wildman–Crippen MR) is 94.1 cm³/mol. The Labute approximate surface area is 135 Å². The summed E-state index contributed by atoms with van der Waals surface area (Å²) in [4.78, 5) is 12.2. The number of aromatic nitrogens is 3. The van der Waals surface area contributed by atoms with Gasteiger partial charge in [0, 0.05) is 12.6 Å². The summed E-state index contributed by atoms with van der Waals surface area (Å²) in [6.07, 6.45) is 18.1. The number of nitrogens with one attached hydrogen (secondary N) is 1. The van der Waals surface area contributed by atoms with Gasteiger partial charge in [0.2, 0.25) is 0 Å². The number of fused-ring (bicyclic) bond motifs is 1. The van der Waals surface area contributed by atoms with Crippen LogP contribution in [0.15, 0.2) is 18.3 Å². The van der Waals surface area contributed by atoms with Gasteiger partial charge < -0.3 is 4.98 Å². The number of unbranched alkanes of at least 4 members (excludes halogenated alkanes) is 10. The highest BCUT2D eigenvalue weighted by atomic mass is 15.0. The van der Waals surface area contributed by atoms with Crippen molar-refractivity contribution >= 4 is 11.2 Å². The van der Waals surface area contributed by atoms with Crippen LogP contribution in [0.4, 0.5) is 0 Å². The maximum atomic E-state index is 4.53. The van der Waals surface area contributed by atoms with Gasteiger partial charge in [0.15, 0.2) is 5.65 Å². The Balaban J connectivity index is 1.46. The number of nitrogens with zero attached hydrogens (tertiary/aromatic N) is 2. The normalized spacial score (nSPS) is 11.3. The first-order valence-electron chi connectivity index (χ1n) is 9.20. The van der Waals surface area contributed by atoms with Gasteiger partial charge in [0.1, 0.15) is 5.82 Å². The molecule has 2 heterocycles. The second kappa shape index (κ2) is 10.4. The van der Waals surface area contributed by atoms with Crippen LogP contribution in [0.2, 0.25) is 0 Å². The number of hydrogen-bond donors (Lipinski definition) is 1. The largest absolute Gasteiger partial charge is 0.341 e. The minimum Gasteiger partial charge on any atom is -0.341 e. The Hall–Kier alpha value is -1.38. The molecule has 0 bridgehead atoms. The number of aryl methyl sites for hydroxylation is 1. The van der Waals surface area contributed by atoms with Crippen LogP contribution in [0, 0.1) is 0 Å². The fourth-order valence-electron chi connectivity index (χ4n) is 2.97. The number of rotatable bonds is 12. The molecule has 0 aliphatic carbocycles. The molecule has 1 N–H and O–H groups in total. The molecule has 0 aliphatic rings. The van der Waals surface area contributed by atoms with Gasteiger partial charge in [-0.25, -0.2) is 9.97 Å². The fourth-order valence-corrected chi connectivity index (χ4v) is 2.97. The number of hydrogen-bond acceptors (Lipinski definition) is 2. The molecule has 0 unspecified atom stereocenters. The van der Waals surface area contributed by atoms with E-state index in [4.69, 9.17) is 0 Å². The SMILES string of the molecule is CCCCCCCCCCCCCc1nc2ncccc2[nH]1. The molecule has 3 nitrogen and oxygen atoms in total. The van der Waals surface area contributed by atoms with Crippen molar-refractivity contribution in [2.24, 2.45) is 0 Å². The zero-order chi connectivity index (χ0) is 15.5. The second-order valence-electron chi connectivity index (χ2n) is 6.34. The van der Waals surface area contributed by atoms with Crippen molar-refractivity contribution < 1.29 is 0 Å². The van der Waals surface area contributed by atoms with Gasteiger partial charge >= 0.3 is 0 Å². The first-order chi connectivity index (χ1) is 10.9. The van der Waals surface area contributed by atoms with E-state index in [-0.39, 0.29) is 0 Å². The number of imidazole rings is 1. The fraction of sp³-hybridized carbons (Fsp3) is 0.684. The molecule has 0 fully saturated rings. The smallest absolute Gasteiger partial charge is 0.177 e. The molecule has 0 aliphatic heterocycles. The Morgan fingerprint density at radius 1 is 0.864 bits per heavy atom. The van der Waals surface area contributed by atoms with Crippen LogP contribution in [-0.2, 0) is 6.42 Å². The second-order valence-corrected chi connectivity index (χ2v) is 6.34. The number of pyridine rings is 1. The number of H-pyrrole nitrogens is 1. The van der Waals surface area contributed by atoms with Crippen molar-refractivity contribution in [1.82, 2.24) is 15.0 Å². The minimum absolute atomic E-state index is 0.848. The molecule has 122 valence electrons. The Bertz CT molecular complexity index is 485. The standard InChI is InChI=1S/C19H31N3/c1-2-3-4-5-6-7-8-9-10-11-12-15-18-21-17-14-13-16-20-19(17)22-18/h13-14,16H,2-12,15H2,1H3,(H,20,21,22). The molecule has 3 heteroatoms. The topological polar surface area (TPSA) is 41.6 Å². The lowest BCUT2D eigenvalue weighted by atomic mass is 10.1. The summed E-state index contributed by atoms with van der Waals surface area (Å²) in [5, 5.41) is 0. The van der Waals surface area contributed by atoms with E-state index in [2.05, 4.69) is 21.9 Å². The molecule has 22 heavy (non-hydrogen) atoms. The lowest BCUT2D eigenvalue weighted by molar-refractivity contribution is 0.548. The third-order valence-electron chi connectivity index (χ3n) is 4.32. The van der Waals surface area contributed by atoms with E-state index >= 15 is 0 Å². The molecule has 2 aromatic rings. The molecule has 0 radical (unpaired) electrons. The van der Waals surface area contributed by atoms with Gasteiger partial charge in [-0.15, -0.1) is 0 Å². The minimum atomic E-state index is 0.848. The molecule has 0 saturated carbocycles. The summed E-state index contributed by atoms with van der Waals surface area (Å²) in [7, 11) is 0. The summed E-state index contributed by atoms with van der Waals surface area (Å²) in [6, 6.07) is 3.99. The van der Waals surface area contributed by atoms with E-state index in [0.29, 0.717) is 0 Å².